The number of amides is 1. The third-order valence-corrected chi connectivity index (χ3v) is 5.85. The van der Waals surface area contributed by atoms with Gasteiger partial charge in [0.2, 0.25) is 0 Å². The number of Topliss-reactive ketones (excluding diaryl/α,β-unsaturated/α-hetero) is 1. The number of hydrogen-bond acceptors (Lipinski definition) is 3. The standard InChI is InChI=1S/C26H26N2O3/c1-16-9-11-18(12-10-16)28-15-20-19(13-26(3,4)14-22(20)29)23(25(28)31)24(30)27-21-8-6-5-7-17(21)2/h5-12,15H,13-14H2,1-4H3,(H,27,30). The number of fused-ring (bicyclic) bond motifs is 1. The number of para-hydroxylation sites is 1. The number of aromatic nitrogens is 1. The van der Waals surface area contributed by atoms with Crippen LogP contribution in [0, 0.1) is 19.3 Å². The Morgan fingerprint density at radius 3 is 2.32 bits per heavy atom. The van der Waals surface area contributed by atoms with E-state index in [1.807, 2.05) is 70.2 Å². The lowest BCUT2D eigenvalue weighted by atomic mass is 9.73. The predicted molar refractivity (Wildman–Crippen MR) is 122 cm³/mol. The van der Waals surface area contributed by atoms with E-state index in [4.69, 9.17) is 0 Å². The molecule has 0 spiro atoms. The van der Waals surface area contributed by atoms with Crippen molar-refractivity contribution in [1.82, 2.24) is 4.57 Å². The van der Waals surface area contributed by atoms with E-state index in [1.165, 1.54) is 4.57 Å². The van der Waals surface area contributed by atoms with E-state index in [0.29, 0.717) is 35.3 Å². The monoisotopic (exact) mass is 414 g/mol. The summed E-state index contributed by atoms with van der Waals surface area (Å²) in [6, 6.07) is 14.9. The van der Waals surface area contributed by atoms with Gasteiger partial charge in [0.25, 0.3) is 11.5 Å². The summed E-state index contributed by atoms with van der Waals surface area (Å²) in [5.74, 6) is -0.528. The molecule has 3 aromatic rings. The van der Waals surface area contributed by atoms with Crippen LogP contribution in [-0.2, 0) is 6.42 Å². The first-order valence-electron chi connectivity index (χ1n) is 10.4. The number of pyridine rings is 1. The molecule has 0 saturated heterocycles. The Labute approximate surface area is 181 Å². The van der Waals surface area contributed by atoms with Crippen LogP contribution in [0.1, 0.15) is 57.7 Å². The van der Waals surface area contributed by atoms with Crippen molar-refractivity contribution >= 4 is 17.4 Å². The van der Waals surface area contributed by atoms with E-state index in [2.05, 4.69) is 5.32 Å². The van der Waals surface area contributed by atoms with Crippen LogP contribution < -0.4 is 10.9 Å². The molecule has 5 nitrogen and oxygen atoms in total. The minimum absolute atomic E-state index is 0.0439. The smallest absolute Gasteiger partial charge is 0.268 e. The zero-order valence-corrected chi connectivity index (χ0v) is 18.3. The minimum atomic E-state index is -0.484. The van der Waals surface area contributed by atoms with Gasteiger partial charge in [-0.25, -0.2) is 0 Å². The van der Waals surface area contributed by atoms with Crippen molar-refractivity contribution < 1.29 is 9.59 Å². The molecule has 31 heavy (non-hydrogen) atoms. The third-order valence-electron chi connectivity index (χ3n) is 5.85. The van der Waals surface area contributed by atoms with Crippen LogP contribution in [0.25, 0.3) is 5.69 Å². The van der Waals surface area contributed by atoms with E-state index in [9.17, 15) is 14.4 Å². The fourth-order valence-electron chi connectivity index (χ4n) is 4.17. The lowest BCUT2D eigenvalue weighted by molar-refractivity contribution is 0.0910. The van der Waals surface area contributed by atoms with E-state index in [0.717, 1.165) is 11.1 Å². The Morgan fingerprint density at radius 2 is 1.65 bits per heavy atom. The summed E-state index contributed by atoms with van der Waals surface area (Å²) in [6.45, 7) is 7.84. The molecule has 1 N–H and O–H groups in total. The average molecular weight is 415 g/mol. The maximum atomic E-state index is 13.6. The predicted octanol–water partition coefficient (Wildman–Crippen LogP) is 4.86. The van der Waals surface area contributed by atoms with Crippen molar-refractivity contribution in [2.45, 2.75) is 40.5 Å². The van der Waals surface area contributed by atoms with Crippen molar-refractivity contribution in [1.29, 1.82) is 0 Å². The molecular weight excluding hydrogens is 388 g/mol. The first-order chi connectivity index (χ1) is 14.7. The Bertz CT molecular complexity index is 1250. The molecule has 2 aromatic carbocycles. The zero-order chi connectivity index (χ0) is 22.3. The van der Waals surface area contributed by atoms with Crippen molar-refractivity contribution in [2.24, 2.45) is 5.41 Å². The van der Waals surface area contributed by atoms with Gasteiger partial charge in [-0.05, 0) is 55.0 Å². The summed E-state index contributed by atoms with van der Waals surface area (Å²) < 4.78 is 1.42. The molecule has 1 amide bonds. The van der Waals surface area contributed by atoms with E-state index < -0.39 is 11.5 Å². The molecule has 1 aliphatic carbocycles. The van der Waals surface area contributed by atoms with Crippen LogP contribution in [0.3, 0.4) is 0 Å². The first-order valence-corrected chi connectivity index (χ1v) is 10.4. The molecule has 1 aliphatic rings. The second-order valence-electron chi connectivity index (χ2n) is 9.12. The highest BCUT2D eigenvalue weighted by Gasteiger charge is 2.36. The maximum Gasteiger partial charge on any atom is 0.268 e. The van der Waals surface area contributed by atoms with Crippen molar-refractivity contribution in [3.8, 4) is 5.69 Å². The highest BCUT2D eigenvalue weighted by molar-refractivity contribution is 6.09. The number of anilines is 1. The molecule has 0 bridgehead atoms. The van der Waals surface area contributed by atoms with Gasteiger partial charge in [-0.3, -0.25) is 19.0 Å². The number of carbonyl (C=O) groups excluding carboxylic acids is 2. The molecular formula is C26H26N2O3. The van der Waals surface area contributed by atoms with Crippen LogP contribution in [-0.4, -0.2) is 16.3 Å². The molecule has 1 heterocycles. The summed E-state index contributed by atoms with van der Waals surface area (Å²) in [6.07, 6.45) is 2.48. The molecule has 4 rings (SSSR count). The molecule has 0 atom stereocenters. The maximum absolute atomic E-state index is 13.6. The number of nitrogens with one attached hydrogen (secondary N) is 1. The first kappa shape index (κ1) is 20.8. The van der Waals surface area contributed by atoms with E-state index in [-0.39, 0.29) is 16.8 Å². The molecule has 5 heteroatoms. The topological polar surface area (TPSA) is 68.2 Å². The number of ketones is 1. The second kappa shape index (κ2) is 7.65. The second-order valence-corrected chi connectivity index (χ2v) is 9.12. The van der Waals surface area contributed by atoms with Gasteiger partial charge in [0.1, 0.15) is 5.56 Å². The Kier molecular flexibility index (Phi) is 5.13. The van der Waals surface area contributed by atoms with Gasteiger partial charge in [0.15, 0.2) is 5.78 Å². The fraction of sp³-hybridized carbons (Fsp3) is 0.269. The molecule has 0 radical (unpaired) electrons. The molecule has 0 unspecified atom stereocenters. The zero-order valence-electron chi connectivity index (χ0n) is 18.3. The molecule has 0 aliphatic heterocycles. The lowest BCUT2D eigenvalue weighted by Crippen LogP contribution is -2.37. The van der Waals surface area contributed by atoms with Crippen LogP contribution in [0.4, 0.5) is 5.69 Å². The van der Waals surface area contributed by atoms with Crippen molar-refractivity contribution in [3.63, 3.8) is 0 Å². The van der Waals surface area contributed by atoms with Gasteiger partial charge < -0.3 is 5.32 Å². The Hall–Kier alpha value is -3.47. The molecule has 1 aromatic heterocycles. The number of benzene rings is 2. The van der Waals surface area contributed by atoms with Gasteiger partial charge in [-0.1, -0.05) is 49.7 Å². The SMILES string of the molecule is Cc1ccc(-n2cc3c(c(C(=O)Nc4ccccc4C)c2=O)CC(C)(C)CC3=O)cc1. The van der Waals surface area contributed by atoms with E-state index in [1.54, 1.807) is 12.3 Å². The fourth-order valence-corrected chi connectivity index (χ4v) is 4.17. The summed E-state index contributed by atoms with van der Waals surface area (Å²) in [5.41, 5.74) is 3.54. The van der Waals surface area contributed by atoms with Gasteiger partial charge in [0, 0.05) is 29.6 Å². The van der Waals surface area contributed by atoms with Gasteiger partial charge in [0.05, 0.1) is 0 Å². The lowest BCUT2D eigenvalue weighted by Gasteiger charge is -2.31. The van der Waals surface area contributed by atoms with Crippen LogP contribution >= 0.6 is 0 Å². The highest BCUT2D eigenvalue weighted by atomic mass is 16.2. The minimum Gasteiger partial charge on any atom is -0.322 e. The van der Waals surface area contributed by atoms with Crippen LogP contribution in [0.15, 0.2) is 59.5 Å². The van der Waals surface area contributed by atoms with Gasteiger partial charge in [-0.15, -0.1) is 0 Å². The Morgan fingerprint density at radius 1 is 0.968 bits per heavy atom. The molecule has 158 valence electrons. The quantitative estimate of drug-likeness (QED) is 0.665. The summed E-state index contributed by atoms with van der Waals surface area (Å²) >= 11 is 0. The molecule has 0 fully saturated rings. The summed E-state index contributed by atoms with van der Waals surface area (Å²) in [7, 11) is 0. The van der Waals surface area contributed by atoms with E-state index >= 15 is 0 Å². The normalized spacial score (nSPS) is 14.8. The number of hydrogen-bond donors (Lipinski definition) is 1. The number of carbonyl (C=O) groups is 2. The molecule has 0 saturated carbocycles. The highest BCUT2D eigenvalue weighted by Crippen LogP contribution is 2.36. The number of nitrogens with zero attached hydrogens (tertiary/aromatic N) is 1. The van der Waals surface area contributed by atoms with Crippen LogP contribution in [0.5, 0.6) is 0 Å². The Balaban J connectivity index is 1.92. The van der Waals surface area contributed by atoms with Gasteiger partial charge >= 0.3 is 0 Å². The van der Waals surface area contributed by atoms with Gasteiger partial charge in [-0.2, -0.15) is 0 Å². The third kappa shape index (κ3) is 3.96. The summed E-state index contributed by atoms with van der Waals surface area (Å²) in [4.78, 5) is 39.9. The van der Waals surface area contributed by atoms with Crippen molar-refractivity contribution in [3.05, 3.63) is 92.9 Å². The van der Waals surface area contributed by atoms with Crippen LogP contribution in [0.2, 0.25) is 0 Å². The average Bonchev–Trinajstić information content (AvgIpc) is 2.69. The largest absolute Gasteiger partial charge is 0.322 e. The number of rotatable bonds is 3. The number of aryl methyl sites for hydroxylation is 2. The van der Waals surface area contributed by atoms with Crippen molar-refractivity contribution in [2.75, 3.05) is 5.32 Å². The summed E-state index contributed by atoms with van der Waals surface area (Å²) in [5, 5.41) is 2.88.